The van der Waals surface area contributed by atoms with Gasteiger partial charge in [0.05, 0.1) is 23.4 Å². The van der Waals surface area contributed by atoms with Crippen LogP contribution in [0.4, 0.5) is 5.69 Å². The van der Waals surface area contributed by atoms with Gasteiger partial charge in [0, 0.05) is 28.6 Å². The van der Waals surface area contributed by atoms with Gasteiger partial charge >= 0.3 is 0 Å². The predicted molar refractivity (Wildman–Crippen MR) is 166 cm³/mol. The lowest BCUT2D eigenvalue weighted by molar-refractivity contribution is -0.119. The molecule has 2 aromatic carbocycles. The monoisotopic (exact) mass is 617 g/mol. The summed E-state index contributed by atoms with van der Waals surface area (Å²) in [7, 11) is 1.72. The van der Waals surface area contributed by atoms with E-state index < -0.39 is 12.3 Å². The standard InChI is InChI=1S/C29H30Cl3N5O2S/c1-37-23-12-10-19(30)15-20(23)25(18-6-3-2-4-7-18)34-27(28(37)38)36-29(40)35-26-24(8-5-13-33-26)39-16-17-9-11-21(31)22(32)14-17/h2-8,10,12-13,15,17,21-22,26-27,33H,9,11,14,16H2,1H3,(H2,35,36,40)/t17-,21?,22?,26?,27?/m0/s1. The Labute approximate surface area is 254 Å². The Hall–Kier alpha value is -2.78. The third-order valence-corrected chi connectivity index (χ3v) is 8.78. The molecule has 5 atom stereocenters. The fourth-order valence-corrected chi connectivity index (χ4v) is 6.01. The molecule has 11 heteroatoms. The fourth-order valence-electron chi connectivity index (χ4n) is 5.01. The van der Waals surface area contributed by atoms with E-state index >= 15 is 0 Å². The number of halogens is 3. The first-order valence-corrected chi connectivity index (χ1v) is 14.8. The van der Waals surface area contributed by atoms with Gasteiger partial charge < -0.3 is 25.6 Å². The van der Waals surface area contributed by atoms with Gasteiger partial charge in [-0.05, 0) is 73.9 Å². The second kappa shape index (κ2) is 12.8. The molecule has 0 aromatic heterocycles. The number of carbonyl (C=O) groups is 1. The van der Waals surface area contributed by atoms with Crippen molar-refractivity contribution in [3.63, 3.8) is 0 Å². The largest absolute Gasteiger partial charge is 0.493 e. The molecular formula is C29H30Cl3N5O2S. The predicted octanol–water partition coefficient (Wildman–Crippen LogP) is 5.30. The SMILES string of the molecule is CN1C(=O)C(NC(=S)NC2NC=CC=C2OC[C@H]2CCC(Cl)C(Cl)C2)N=C(c2ccccc2)c2cc(Cl)ccc21. The van der Waals surface area contributed by atoms with Crippen LogP contribution in [-0.4, -0.2) is 53.5 Å². The number of alkyl halides is 2. The lowest BCUT2D eigenvalue weighted by Gasteiger charge is -2.31. The highest BCUT2D eigenvalue weighted by Gasteiger charge is 2.32. The zero-order valence-corrected chi connectivity index (χ0v) is 24.9. The summed E-state index contributed by atoms with van der Waals surface area (Å²) >= 11 is 24.6. The van der Waals surface area contributed by atoms with Gasteiger partial charge in [0.25, 0.3) is 5.91 Å². The third-order valence-electron chi connectivity index (χ3n) is 7.18. The molecule has 1 amide bonds. The smallest absolute Gasteiger partial charge is 0.272 e. The van der Waals surface area contributed by atoms with Gasteiger partial charge in [-0.3, -0.25) is 4.79 Å². The van der Waals surface area contributed by atoms with Crippen molar-refractivity contribution in [2.45, 2.75) is 42.3 Å². The van der Waals surface area contributed by atoms with Crippen LogP contribution in [0.3, 0.4) is 0 Å². The molecule has 0 radical (unpaired) electrons. The van der Waals surface area contributed by atoms with E-state index in [9.17, 15) is 4.79 Å². The van der Waals surface area contributed by atoms with Gasteiger partial charge in [-0.1, -0.05) is 41.9 Å². The van der Waals surface area contributed by atoms with E-state index in [0.29, 0.717) is 34.7 Å². The number of nitrogens with zero attached hydrogens (tertiary/aromatic N) is 2. The summed E-state index contributed by atoms with van der Waals surface area (Å²) in [6.07, 6.45) is 6.83. The van der Waals surface area contributed by atoms with Crippen molar-refractivity contribution in [3.05, 3.63) is 88.8 Å². The van der Waals surface area contributed by atoms with Gasteiger partial charge in [-0.2, -0.15) is 0 Å². The highest BCUT2D eigenvalue weighted by Crippen LogP contribution is 2.32. The number of thiocarbonyl (C=S) groups is 1. The number of carbonyl (C=O) groups excluding carboxylic acids is 1. The second-order valence-electron chi connectivity index (χ2n) is 9.97. The summed E-state index contributed by atoms with van der Waals surface area (Å²) in [6, 6.07) is 15.1. The zero-order chi connectivity index (χ0) is 28.2. The molecule has 3 N–H and O–H groups in total. The lowest BCUT2D eigenvalue weighted by Crippen LogP contribution is -2.54. The lowest BCUT2D eigenvalue weighted by atomic mass is 9.89. The Bertz CT molecular complexity index is 1350. The quantitative estimate of drug-likeness (QED) is 0.301. The minimum Gasteiger partial charge on any atom is -0.493 e. The highest BCUT2D eigenvalue weighted by atomic mass is 35.5. The minimum absolute atomic E-state index is 0.00913. The van der Waals surface area contributed by atoms with Crippen LogP contribution in [0.2, 0.25) is 5.02 Å². The molecule has 40 heavy (non-hydrogen) atoms. The maximum absolute atomic E-state index is 13.5. The molecule has 1 aliphatic carbocycles. The van der Waals surface area contributed by atoms with E-state index in [0.717, 1.165) is 30.4 Å². The summed E-state index contributed by atoms with van der Waals surface area (Å²) in [5.41, 5.74) is 2.97. The molecule has 210 valence electrons. The van der Waals surface area contributed by atoms with Crippen molar-refractivity contribution >= 4 is 69.4 Å². The van der Waals surface area contributed by atoms with Crippen molar-refractivity contribution in [1.29, 1.82) is 0 Å². The first kappa shape index (κ1) is 28.7. The number of hydrogen-bond donors (Lipinski definition) is 3. The molecule has 2 heterocycles. The Balaban J connectivity index is 1.31. The zero-order valence-electron chi connectivity index (χ0n) is 21.8. The van der Waals surface area contributed by atoms with Crippen LogP contribution in [-0.2, 0) is 9.53 Å². The van der Waals surface area contributed by atoms with Gasteiger partial charge in [0.15, 0.2) is 11.3 Å². The van der Waals surface area contributed by atoms with E-state index in [1.807, 2.05) is 54.6 Å². The summed E-state index contributed by atoms with van der Waals surface area (Å²) in [4.78, 5) is 20.0. The average Bonchev–Trinajstić information content (AvgIpc) is 3.05. The van der Waals surface area contributed by atoms with E-state index in [-0.39, 0.29) is 21.8 Å². The summed E-state index contributed by atoms with van der Waals surface area (Å²) in [5.74, 6) is 0.758. The number of aliphatic imine (C=N–C) groups is 1. The number of nitrogens with one attached hydrogen (secondary N) is 3. The molecule has 3 aliphatic rings. The molecular weight excluding hydrogens is 589 g/mol. The first-order valence-electron chi connectivity index (χ1n) is 13.1. The van der Waals surface area contributed by atoms with Crippen molar-refractivity contribution in [3.8, 4) is 0 Å². The minimum atomic E-state index is -0.967. The van der Waals surface area contributed by atoms with Crippen LogP contribution >= 0.6 is 47.0 Å². The van der Waals surface area contributed by atoms with Crippen LogP contribution in [0.1, 0.15) is 30.4 Å². The number of dihydropyridines is 1. The second-order valence-corrected chi connectivity index (χ2v) is 11.9. The Kier molecular flexibility index (Phi) is 9.20. The number of likely N-dealkylation sites (N-methyl/N-ethyl adjacent to an activating group) is 1. The molecule has 2 aliphatic heterocycles. The van der Waals surface area contributed by atoms with Gasteiger partial charge in [-0.25, -0.2) is 4.99 Å². The van der Waals surface area contributed by atoms with Crippen molar-refractivity contribution in [2.24, 2.45) is 10.9 Å². The number of anilines is 1. The molecule has 0 spiro atoms. The fraction of sp³-hybridized carbons (Fsp3) is 0.345. The van der Waals surface area contributed by atoms with E-state index in [1.165, 1.54) is 0 Å². The number of ether oxygens (including phenoxy) is 1. The number of rotatable bonds is 6. The molecule has 7 nitrogen and oxygen atoms in total. The van der Waals surface area contributed by atoms with Gasteiger partial charge in [0.1, 0.15) is 5.76 Å². The number of amides is 1. The van der Waals surface area contributed by atoms with Gasteiger partial charge in [-0.15, -0.1) is 23.2 Å². The van der Waals surface area contributed by atoms with Crippen LogP contribution in [0.25, 0.3) is 0 Å². The number of benzodiazepines with no additional fused rings is 1. The van der Waals surface area contributed by atoms with Crippen LogP contribution < -0.4 is 20.9 Å². The molecule has 1 fully saturated rings. The molecule has 0 bridgehead atoms. The molecule has 1 saturated carbocycles. The topological polar surface area (TPSA) is 78.0 Å². The van der Waals surface area contributed by atoms with Crippen molar-refractivity contribution in [1.82, 2.24) is 16.0 Å². The summed E-state index contributed by atoms with van der Waals surface area (Å²) in [6.45, 7) is 0.532. The number of fused-ring (bicyclic) bond motifs is 1. The van der Waals surface area contributed by atoms with Crippen LogP contribution in [0.5, 0.6) is 0 Å². The molecule has 4 unspecified atom stereocenters. The Morgan fingerprint density at radius 2 is 1.95 bits per heavy atom. The van der Waals surface area contributed by atoms with Crippen LogP contribution in [0, 0.1) is 5.92 Å². The Morgan fingerprint density at radius 1 is 1.15 bits per heavy atom. The van der Waals surface area contributed by atoms with E-state index in [1.54, 1.807) is 24.2 Å². The average molecular weight is 619 g/mol. The van der Waals surface area contributed by atoms with E-state index in [2.05, 4.69) is 16.0 Å². The van der Waals surface area contributed by atoms with Crippen molar-refractivity contribution in [2.75, 3.05) is 18.6 Å². The maximum Gasteiger partial charge on any atom is 0.272 e. The molecule has 0 saturated heterocycles. The highest BCUT2D eigenvalue weighted by molar-refractivity contribution is 7.80. The maximum atomic E-state index is 13.5. The normalized spacial score (nSPS) is 26.1. The summed E-state index contributed by atoms with van der Waals surface area (Å²) < 4.78 is 6.18. The Morgan fingerprint density at radius 3 is 2.73 bits per heavy atom. The third kappa shape index (κ3) is 6.57. The first-order chi connectivity index (χ1) is 19.3. The van der Waals surface area contributed by atoms with Crippen LogP contribution in [0.15, 0.2) is 77.6 Å². The number of allylic oxidation sites excluding steroid dienone is 2. The molecule has 2 aromatic rings. The number of hydrogen-bond acceptors (Lipinski definition) is 5. The van der Waals surface area contributed by atoms with Crippen molar-refractivity contribution < 1.29 is 9.53 Å². The summed E-state index contributed by atoms with van der Waals surface area (Å²) in [5, 5.41) is 10.3. The molecule has 5 rings (SSSR count). The van der Waals surface area contributed by atoms with Gasteiger partial charge in [0.2, 0.25) is 6.17 Å². The number of benzene rings is 2. The van der Waals surface area contributed by atoms with E-state index in [4.69, 9.17) is 56.7 Å².